The van der Waals surface area contributed by atoms with Crippen molar-refractivity contribution in [3.8, 4) is 11.8 Å². The Morgan fingerprint density at radius 1 is 1.36 bits per heavy atom. The van der Waals surface area contributed by atoms with Crippen molar-refractivity contribution in [1.29, 1.82) is 0 Å². The lowest BCUT2D eigenvalue weighted by atomic mass is 10.1. The summed E-state index contributed by atoms with van der Waals surface area (Å²) in [6.45, 7) is 0.988. The van der Waals surface area contributed by atoms with Crippen LogP contribution in [-0.2, 0) is 0 Å². The summed E-state index contributed by atoms with van der Waals surface area (Å²) in [6, 6.07) is 3.76. The van der Waals surface area contributed by atoms with Gasteiger partial charge in [0.1, 0.15) is 11.9 Å². The number of ether oxygens (including phenoxy) is 2. The number of amides is 1. The average molecular weight is 366 g/mol. The highest BCUT2D eigenvalue weighted by Gasteiger charge is 2.27. The molecule has 1 aliphatic rings. The third kappa shape index (κ3) is 4.17. The van der Waals surface area contributed by atoms with Gasteiger partial charge in [-0.05, 0) is 31.0 Å². The second-order valence-corrected chi connectivity index (χ2v) is 6.06. The highest BCUT2D eigenvalue weighted by atomic mass is 35.5. The summed E-state index contributed by atoms with van der Waals surface area (Å²) in [7, 11) is 1.50. The number of methoxy groups -OCH3 is 1. The molecule has 0 spiro atoms. The van der Waals surface area contributed by atoms with E-state index in [-0.39, 0.29) is 22.6 Å². The average Bonchev–Trinajstić information content (AvgIpc) is 2.61. The Labute approximate surface area is 149 Å². The molecule has 132 valence electrons. The standard InChI is InChI=1S/C17H17ClFN3O3/c1-24-15-8-20-9-16(21-15)25-12-3-2-6-22(10-12)17(23)13-5-4-11(19)7-14(13)18/h4-5,7-9,12H,2-3,6,10H2,1H3. The predicted molar refractivity (Wildman–Crippen MR) is 89.5 cm³/mol. The van der Waals surface area contributed by atoms with Crippen LogP contribution in [0.25, 0.3) is 0 Å². The summed E-state index contributed by atoms with van der Waals surface area (Å²) < 4.78 is 24.0. The molecule has 0 bridgehead atoms. The maximum atomic E-state index is 13.2. The number of carbonyl (C=O) groups is 1. The summed E-state index contributed by atoms with van der Waals surface area (Å²) >= 11 is 5.99. The second-order valence-electron chi connectivity index (χ2n) is 5.66. The number of nitrogens with zero attached hydrogens (tertiary/aromatic N) is 3. The maximum Gasteiger partial charge on any atom is 0.255 e. The largest absolute Gasteiger partial charge is 0.480 e. The lowest BCUT2D eigenvalue weighted by molar-refractivity contribution is 0.0525. The van der Waals surface area contributed by atoms with Gasteiger partial charge in [0.05, 0.1) is 36.6 Å². The van der Waals surface area contributed by atoms with E-state index < -0.39 is 5.82 Å². The van der Waals surface area contributed by atoms with E-state index >= 15 is 0 Å². The van der Waals surface area contributed by atoms with Gasteiger partial charge in [-0.15, -0.1) is 0 Å². The highest BCUT2D eigenvalue weighted by Crippen LogP contribution is 2.23. The third-order valence-electron chi connectivity index (χ3n) is 3.91. The van der Waals surface area contributed by atoms with Crippen molar-refractivity contribution >= 4 is 17.5 Å². The first-order chi connectivity index (χ1) is 12.1. The molecule has 0 radical (unpaired) electrons. The molecule has 0 N–H and O–H groups in total. The fraction of sp³-hybridized carbons (Fsp3) is 0.353. The van der Waals surface area contributed by atoms with Crippen molar-refractivity contribution in [3.63, 3.8) is 0 Å². The number of hydrogen-bond donors (Lipinski definition) is 0. The number of piperidine rings is 1. The Hall–Kier alpha value is -2.41. The van der Waals surface area contributed by atoms with Gasteiger partial charge in [0.2, 0.25) is 11.8 Å². The molecule has 0 saturated carbocycles. The van der Waals surface area contributed by atoms with Crippen LogP contribution in [-0.4, -0.2) is 47.1 Å². The Bertz CT molecular complexity index is 775. The van der Waals surface area contributed by atoms with Crippen molar-refractivity contribution < 1.29 is 18.7 Å². The van der Waals surface area contributed by atoms with E-state index in [9.17, 15) is 9.18 Å². The third-order valence-corrected chi connectivity index (χ3v) is 4.23. The summed E-state index contributed by atoms with van der Waals surface area (Å²) in [6.07, 6.45) is 4.35. The number of rotatable bonds is 4. The summed E-state index contributed by atoms with van der Waals surface area (Å²) in [5.74, 6) is -0.00849. The van der Waals surface area contributed by atoms with E-state index in [1.807, 2.05) is 0 Å². The number of benzene rings is 1. The first kappa shape index (κ1) is 17.4. The molecule has 1 aromatic heterocycles. The fourth-order valence-electron chi connectivity index (χ4n) is 2.71. The Balaban J connectivity index is 1.69. The van der Waals surface area contributed by atoms with Gasteiger partial charge in [-0.25, -0.2) is 4.39 Å². The van der Waals surface area contributed by atoms with Gasteiger partial charge in [0, 0.05) is 6.54 Å². The van der Waals surface area contributed by atoms with E-state index in [1.54, 1.807) is 4.90 Å². The molecule has 0 aliphatic carbocycles. The number of likely N-dealkylation sites (tertiary alicyclic amines) is 1. The molecular weight excluding hydrogens is 349 g/mol. The minimum Gasteiger partial charge on any atom is -0.480 e. The van der Waals surface area contributed by atoms with Gasteiger partial charge in [0.25, 0.3) is 5.91 Å². The summed E-state index contributed by atoms with van der Waals surface area (Å²) in [5, 5.41) is 0.103. The van der Waals surface area contributed by atoms with Crippen LogP contribution in [0.3, 0.4) is 0 Å². The Morgan fingerprint density at radius 3 is 2.92 bits per heavy atom. The minimum absolute atomic E-state index is 0.103. The molecule has 1 unspecified atom stereocenters. The zero-order valence-electron chi connectivity index (χ0n) is 13.6. The van der Waals surface area contributed by atoms with Gasteiger partial charge >= 0.3 is 0 Å². The van der Waals surface area contributed by atoms with E-state index in [2.05, 4.69) is 9.97 Å². The van der Waals surface area contributed by atoms with Crippen LogP contribution in [0.1, 0.15) is 23.2 Å². The van der Waals surface area contributed by atoms with Gasteiger partial charge in [-0.1, -0.05) is 11.6 Å². The van der Waals surface area contributed by atoms with Crippen molar-refractivity contribution in [2.24, 2.45) is 0 Å². The van der Waals surface area contributed by atoms with E-state index in [0.29, 0.717) is 24.8 Å². The van der Waals surface area contributed by atoms with Gasteiger partial charge in [0.15, 0.2) is 0 Å². The van der Waals surface area contributed by atoms with Crippen molar-refractivity contribution in [2.45, 2.75) is 18.9 Å². The minimum atomic E-state index is -0.474. The molecule has 6 nitrogen and oxygen atoms in total. The monoisotopic (exact) mass is 365 g/mol. The number of carbonyl (C=O) groups excluding carboxylic acids is 1. The SMILES string of the molecule is COc1cncc(OC2CCCN(C(=O)c3ccc(F)cc3Cl)C2)n1. The highest BCUT2D eigenvalue weighted by molar-refractivity contribution is 6.33. The number of aromatic nitrogens is 2. The van der Waals surface area contributed by atoms with Gasteiger partial charge in [-0.3, -0.25) is 9.78 Å². The first-order valence-electron chi connectivity index (χ1n) is 7.84. The molecule has 8 heteroatoms. The lowest BCUT2D eigenvalue weighted by Crippen LogP contribution is -2.44. The van der Waals surface area contributed by atoms with Crippen LogP contribution in [0, 0.1) is 5.82 Å². The topological polar surface area (TPSA) is 64.6 Å². The van der Waals surface area contributed by atoms with Crippen molar-refractivity contribution in [3.05, 3.63) is 47.0 Å². The quantitative estimate of drug-likeness (QED) is 0.833. The van der Waals surface area contributed by atoms with E-state index in [0.717, 1.165) is 18.9 Å². The van der Waals surface area contributed by atoms with E-state index in [1.165, 1.54) is 31.6 Å². The predicted octanol–water partition coefficient (Wildman–Crippen LogP) is 2.96. The van der Waals surface area contributed by atoms with Crippen LogP contribution in [0.4, 0.5) is 4.39 Å². The van der Waals surface area contributed by atoms with E-state index in [4.69, 9.17) is 21.1 Å². The molecule has 25 heavy (non-hydrogen) atoms. The van der Waals surface area contributed by atoms with Gasteiger partial charge < -0.3 is 14.4 Å². The maximum absolute atomic E-state index is 13.2. The molecule has 2 aromatic rings. The van der Waals surface area contributed by atoms with Crippen LogP contribution < -0.4 is 9.47 Å². The second kappa shape index (κ2) is 7.65. The zero-order chi connectivity index (χ0) is 17.8. The lowest BCUT2D eigenvalue weighted by Gasteiger charge is -2.32. The number of hydrogen-bond acceptors (Lipinski definition) is 5. The van der Waals surface area contributed by atoms with Gasteiger partial charge in [-0.2, -0.15) is 4.98 Å². The van der Waals surface area contributed by atoms with Crippen LogP contribution in [0.5, 0.6) is 11.8 Å². The smallest absolute Gasteiger partial charge is 0.255 e. The molecule has 1 aromatic carbocycles. The molecule has 1 atom stereocenters. The molecule has 2 heterocycles. The van der Waals surface area contributed by atoms with Crippen molar-refractivity contribution in [2.75, 3.05) is 20.2 Å². The number of halogens is 2. The fourth-order valence-corrected chi connectivity index (χ4v) is 2.96. The molecule has 1 saturated heterocycles. The first-order valence-corrected chi connectivity index (χ1v) is 8.21. The molecular formula is C17H17ClFN3O3. The van der Waals surface area contributed by atoms with Crippen LogP contribution in [0.2, 0.25) is 5.02 Å². The molecule has 1 amide bonds. The molecule has 3 rings (SSSR count). The zero-order valence-corrected chi connectivity index (χ0v) is 14.4. The molecule has 1 fully saturated rings. The van der Waals surface area contributed by atoms with Crippen LogP contribution in [0.15, 0.2) is 30.6 Å². The molecule has 1 aliphatic heterocycles. The normalized spacial score (nSPS) is 17.2. The van der Waals surface area contributed by atoms with Crippen molar-refractivity contribution in [1.82, 2.24) is 14.9 Å². The van der Waals surface area contributed by atoms with Crippen LogP contribution >= 0.6 is 11.6 Å². The Kier molecular flexibility index (Phi) is 5.33. The Morgan fingerprint density at radius 2 is 2.16 bits per heavy atom. The summed E-state index contributed by atoms with van der Waals surface area (Å²) in [5.41, 5.74) is 0.282. The summed E-state index contributed by atoms with van der Waals surface area (Å²) in [4.78, 5) is 22.5.